The lowest BCUT2D eigenvalue weighted by Gasteiger charge is -2.27. The highest BCUT2D eigenvalue weighted by atomic mass is 16.7. The number of imide groups is 2. The number of aryl methyl sites for hydroxylation is 2. The van der Waals surface area contributed by atoms with Crippen molar-refractivity contribution in [2.24, 2.45) is 0 Å². The first-order chi connectivity index (χ1) is 18.3. The number of carbonyl (C=O) groups excluding carboxylic acids is 3. The largest absolute Gasteiger partial charge is 0.490 e. The molecule has 5 rings (SSSR count). The van der Waals surface area contributed by atoms with Gasteiger partial charge in [0.05, 0.1) is 12.3 Å². The molecule has 3 aromatic rings. The molecular weight excluding hydrogens is 488 g/mol. The van der Waals surface area contributed by atoms with Crippen LogP contribution in [0.15, 0.2) is 60.2 Å². The topological polar surface area (TPSA) is 103 Å². The predicted octanol–water partition coefficient (Wildman–Crippen LogP) is 4.68. The predicted molar refractivity (Wildman–Crippen MR) is 139 cm³/mol. The Morgan fingerprint density at radius 3 is 2.42 bits per heavy atom. The lowest BCUT2D eigenvalue weighted by atomic mass is 10.0. The van der Waals surface area contributed by atoms with Crippen molar-refractivity contribution >= 4 is 29.6 Å². The fourth-order valence-electron chi connectivity index (χ4n) is 4.33. The van der Waals surface area contributed by atoms with Crippen molar-refractivity contribution in [1.29, 1.82) is 0 Å². The van der Waals surface area contributed by atoms with E-state index < -0.39 is 17.8 Å². The zero-order valence-corrected chi connectivity index (χ0v) is 21.2. The van der Waals surface area contributed by atoms with Crippen LogP contribution in [0.1, 0.15) is 29.2 Å². The summed E-state index contributed by atoms with van der Waals surface area (Å²) in [4.78, 5) is 39.5. The van der Waals surface area contributed by atoms with E-state index >= 15 is 0 Å². The lowest BCUT2D eigenvalue weighted by molar-refractivity contribution is -0.122. The molecule has 2 heterocycles. The van der Waals surface area contributed by atoms with Crippen LogP contribution < -0.4 is 29.2 Å². The number of carbonyl (C=O) groups is 3. The van der Waals surface area contributed by atoms with E-state index in [4.69, 9.17) is 18.9 Å². The zero-order chi connectivity index (χ0) is 26.8. The van der Waals surface area contributed by atoms with Crippen LogP contribution in [0.2, 0.25) is 0 Å². The minimum atomic E-state index is -0.788. The molecule has 0 bridgehead atoms. The van der Waals surface area contributed by atoms with E-state index in [1.165, 1.54) is 6.08 Å². The average molecular weight is 515 g/mol. The van der Waals surface area contributed by atoms with Crippen molar-refractivity contribution in [3.8, 4) is 23.0 Å². The van der Waals surface area contributed by atoms with E-state index in [1.54, 1.807) is 30.3 Å². The Hall–Kier alpha value is -4.79. The van der Waals surface area contributed by atoms with Gasteiger partial charge in [-0.3, -0.25) is 14.9 Å². The summed E-state index contributed by atoms with van der Waals surface area (Å²) in [6.07, 6.45) is 1.43. The first kappa shape index (κ1) is 24.9. The summed E-state index contributed by atoms with van der Waals surface area (Å²) in [5.74, 6) is 0.848. The molecule has 3 aromatic carbocycles. The molecule has 0 radical (unpaired) electrons. The van der Waals surface area contributed by atoms with Gasteiger partial charge in [0.25, 0.3) is 11.8 Å². The molecule has 1 saturated heterocycles. The van der Waals surface area contributed by atoms with Crippen LogP contribution in [0, 0.1) is 13.8 Å². The monoisotopic (exact) mass is 514 g/mol. The fourth-order valence-corrected chi connectivity index (χ4v) is 4.33. The number of rotatable bonds is 7. The third-order valence-corrected chi connectivity index (χ3v) is 5.98. The summed E-state index contributed by atoms with van der Waals surface area (Å²) >= 11 is 0. The second kappa shape index (κ2) is 10.3. The summed E-state index contributed by atoms with van der Waals surface area (Å²) in [7, 11) is 0. The molecule has 194 valence electrons. The second-order valence-corrected chi connectivity index (χ2v) is 8.92. The van der Waals surface area contributed by atoms with Crippen molar-refractivity contribution in [3.05, 3.63) is 82.4 Å². The van der Waals surface area contributed by atoms with E-state index in [0.29, 0.717) is 40.9 Å². The average Bonchev–Trinajstić information content (AvgIpc) is 3.33. The molecule has 0 saturated carbocycles. The standard InChI is InChI=1S/C29H26N2O7/c1-4-35-25-13-19(5-7-23(25)36-15-20-6-8-24-26(14-20)38-16-37-24)12-22-27(32)30-29(34)31(28(22)33)21-10-17(2)9-18(3)11-21/h5-14H,4,15-16H2,1-3H3,(H,30,32,34)/b22-12+. The summed E-state index contributed by atoms with van der Waals surface area (Å²) in [5.41, 5.74) is 3.44. The second-order valence-electron chi connectivity index (χ2n) is 8.92. The van der Waals surface area contributed by atoms with Gasteiger partial charge in [-0.15, -0.1) is 0 Å². The van der Waals surface area contributed by atoms with Gasteiger partial charge in [0.2, 0.25) is 6.79 Å². The Morgan fingerprint density at radius 1 is 0.895 bits per heavy atom. The smallest absolute Gasteiger partial charge is 0.335 e. The van der Waals surface area contributed by atoms with E-state index in [1.807, 2.05) is 45.0 Å². The normalized spacial score (nSPS) is 15.6. The minimum absolute atomic E-state index is 0.166. The van der Waals surface area contributed by atoms with Gasteiger partial charge >= 0.3 is 6.03 Å². The molecule has 2 aliphatic heterocycles. The Morgan fingerprint density at radius 2 is 1.66 bits per heavy atom. The minimum Gasteiger partial charge on any atom is -0.490 e. The molecule has 0 aromatic heterocycles. The Labute approximate surface area is 219 Å². The number of barbiturate groups is 1. The molecule has 1 fully saturated rings. The molecule has 9 nitrogen and oxygen atoms in total. The molecule has 38 heavy (non-hydrogen) atoms. The first-order valence-corrected chi connectivity index (χ1v) is 12.1. The lowest BCUT2D eigenvalue weighted by Crippen LogP contribution is -2.54. The van der Waals surface area contributed by atoms with E-state index in [-0.39, 0.29) is 19.0 Å². The molecule has 9 heteroatoms. The van der Waals surface area contributed by atoms with Gasteiger partial charge in [-0.05, 0) is 85.5 Å². The van der Waals surface area contributed by atoms with Gasteiger partial charge in [0.15, 0.2) is 23.0 Å². The van der Waals surface area contributed by atoms with Crippen molar-refractivity contribution in [2.75, 3.05) is 18.3 Å². The maximum absolute atomic E-state index is 13.3. The van der Waals surface area contributed by atoms with E-state index in [0.717, 1.165) is 21.6 Å². The number of urea groups is 1. The quantitative estimate of drug-likeness (QED) is 0.361. The molecule has 0 atom stereocenters. The number of nitrogens with zero attached hydrogens (tertiary/aromatic N) is 1. The molecule has 0 aliphatic carbocycles. The van der Waals surface area contributed by atoms with Crippen LogP contribution in [0.4, 0.5) is 10.5 Å². The maximum atomic E-state index is 13.3. The molecule has 4 amide bonds. The number of anilines is 1. The highest BCUT2D eigenvalue weighted by Gasteiger charge is 2.37. The highest BCUT2D eigenvalue weighted by Crippen LogP contribution is 2.34. The van der Waals surface area contributed by atoms with Crippen LogP contribution >= 0.6 is 0 Å². The van der Waals surface area contributed by atoms with Gasteiger partial charge in [0.1, 0.15) is 12.2 Å². The van der Waals surface area contributed by atoms with Gasteiger partial charge < -0.3 is 18.9 Å². The van der Waals surface area contributed by atoms with Gasteiger partial charge in [0, 0.05) is 0 Å². The number of fused-ring (bicyclic) bond motifs is 1. The molecular formula is C29H26N2O7. The number of nitrogens with one attached hydrogen (secondary N) is 1. The van der Waals surface area contributed by atoms with Gasteiger partial charge in [-0.25, -0.2) is 9.69 Å². The Kier molecular flexibility index (Phi) is 6.74. The Bertz CT molecular complexity index is 1460. The third kappa shape index (κ3) is 5.04. The summed E-state index contributed by atoms with van der Waals surface area (Å²) < 4.78 is 22.5. The highest BCUT2D eigenvalue weighted by molar-refractivity contribution is 6.39. The number of benzene rings is 3. The first-order valence-electron chi connectivity index (χ1n) is 12.1. The molecule has 1 N–H and O–H groups in total. The van der Waals surface area contributed by atoms with Crippen LogP contribution in [0.5, 0.6) is 23.0 Å². The SMILES string of the molecule is CCOc1cc(/C=C2\C(=O)NC(=O)N(c3cc(C)cc(C)c3)C2=O)ccc1OCc1ccc2c(c1)OCO2. The Balaban J connectivity index is 1.40. The zero-order valence-electron chi connectivity index (χ0n) is 21.2. The summed E-state index contributed by atoms with van der Waals surface area (Å²) in [5, 5.41) is 2.26. The summed E-state index contributed by atoms with van der Waals surface area (Å²) in [6.45, 7) is 6.44. The maximum Gasteiger partial charge on any atom is 0.335 e. The van der Waals surface area contributed by atoms with Crippen LogP contribution in [-0.2, 0) is 16.2 Å². The number of ether oxygens (including phenoxy) is 4. The number of amides is 4. The van der Waals surface area contributed by atoms with Crippen LogP contribution in [-0.4, -0.2) is 31.2 Å². The van der Waals surface area contributed by atoms with Crippen molar-refractivity contribution in [3.63, 3.8) is 0 Å². The molecule has 0 unspecified atom stereocenters. The van der Waals surface area contributed by atoms with E-state index in [9.17, 15) is 14.4 Å². The fraction of sp³-hybridized carbons (Fsp3) is 0.207. The van der Waals surface area contributed by atoms with Crippen molar-refractivity contribution in [2.45, 2.75) is 27.4 Å². The van der Waals surface area contributed by atoms with E-state index in [2.05, 4.69) is 5.32 Å². The molecule has 0 spiro atoms. The van der Waals surface area contributed by atoms with Crippen molar-refractivity contribution < 1.29 is 33.3 Å². The summed E-state index contributed by atoms with van der Waals surface area (Å²) in [6, 6.07) is 15.3. The van der Waals surface area contributed by atoms with Crippen LogP contribution in [0.25, 0.3) is 6.08 Å². The third-order valence-electron chi connectivity index (χ3n) is 5.98. The molecule has 2 aliphatic rings. The van der Waals surface area contributed by atoms with Gasteiger partial charge in [-0.2, -0.15) is 0 Å². The van der Waals surface area contributed by atoms with Crippen LogP contribution in [0.3, 0.4) is 0 Å². The van der Waals surface area contributed by atoms with Gasteiger partial charge in [-0.1, -0.05) is 18.2 Å². The number of hydrogen-bond acceptors (Lipinski definition) is 7. The number of hydrogen-bond donors (Lipinski definition) is 1. The van der Waals surface area contributed by atoms with Crippen molar-refractivity contribution in [1.82, 2.24) is 5.32 Å².